The molecule has 0 aliphatic rings. The Kier molecular flexibility index (Phi) is 5.31. The van der Waals surface area contributed by atoms with Gasteiger partial charge in [0.05, 0.1) is 4.83 Å². The molecular formula is C13H12Br2N2O2S. The first-order chi connectivity index (χ1) is 9.49. The van der Waals surface area contributed by atoms with Gasteiger partial charge in [-0.05, 0) is 27.6 Å². The monoisotopic (exact) mass is 418 g/mol. The molecule has 0 saturated heterocycles. The molecule has 20 heavy (non-hydrogen) atoms. The second kappa shape index (κ2) is 6.80. The van der Waals surface area contributed by atoms with Crippen LogP contribution in [0.15, 0.2) is 58.2 Å². The van der Waals surface area contributed by atoms with Crippen molar-refractivity contribution in [3.8, 4) is 0 Å². The summed E-state index contributed by atoms with van der Waals surface area (Å²) < 4.78 is 27.4. The summed E-state index contributed by atoms with van der Waals surface area (Å²) in [5, 5.41) is 0. The Labute approximate surface area is 134 Å². The summed E-state index contributed by atoms with van der Waals surface area (Å²) >= 11 is 6.68. The first-order valence-electron chi connectivity index (χ1n) is 5.78. The number of sulfonamides is 1. The SMILES string of the molecule is O=S(=O)(NCC(Br)c1ccccc1)c1cncc(Br)c1. The predicted molar refractivity (Wildman–Crippen MR) is 85.2 cm³/mol. The molecule has 2 aromatic rings. The minimum Gasteiger partial charge on any atom is -0.262 e. The smallest absolute Gasteiger partial charge is 0.242 e. The number of rotatable bonds is 5. The molecule has 106 valence electrons. The van der Waals surface area contributed by atoms with Crippen LogP contribution in [-0.2, 0) is 10.0 Å². The summed E-state index contributed by atoms with van der Waals surface area (Å²) in [7, 11) is -3.56. The van der Waals surface area contributed by atoms with Crippen LogP contribution in [0.25, 0.3) is 0 Å². The van der Waals surface area contributed by atoms with Crippen LogP contribution in [0, 0.1) is 0 Å². The van der Waals surface area contributed by atoms with Crippen molar-refractivity contribution in [3.63, 3.8) is 0 Å². The van der Waals surface area contributed by atoms with E-state index in [4.69, 9.17) is 0 Å². The molecule has 0 amide bonds. The molecule has 0 saturated carbocycles. The first kappa shape index (κ1) is 15.6. The lowest BCUT2D eigenvalue weighted by atomic mass is 10.2. The molecule has 1 atom stereocenters. The molecule has 1 aromatic heterocycles. The molecular weight excluding hydrogens is 408 g/mol. The maximum absolute atomic E-state index is 12.1. The zero-order valence-electron chi connectivity index (χ0n) is 10.3. The molecule has 0 spiro atoms. The fourth-order valence-corrected chi connectivity index (χ4v) is 3.82. The standard InChI is InChI=1S/C13H12Br2N2O2S/c14-11-6-12(8-16-7-11)20(18,19)17-9-13(15)10-4-2-1-3-5-10/h1-8,13,17H,9H2. The van der Waals surface area contributed by atoms with E-state index in [0.717, 1.165) is 5.56 Å². The van der Waals surface area contributed by atoms with Gasteiger partial charge in [0, 0.05) is 23.4 Å². The molecule has 0 fully saturated rings. The lowest BCUT2D eigenvalue weighted by Crippen LogP contribution is -2.27. The minimum atomic E-state index is -3.56. The number of aromatic nitrogens is 1. The quantitative estimate of drug-likeness (QED) is 0.756. The van der Waals surface area contributed by atoms with Gasteiger partial charge in [-0.25, -0.2) is 13.1 Å². The van der Waals surface area contributed by atoms with Crippen molar-refractivity contribution in [2.45, 2.75) is 9.72 Å². The Bertz CT molecular complexity index is 678. The van der Waals surface area contributed by atoms with E-state index in [9.17, 15) is 8.42 Å². The van der Waals surface area contributed by atoms with Crippen LogP contribution in [0.3, 0.4) is 0 Å². The average Bonchev–Trinajstić information content (AvgIpc) is 2.46. The van der Waals surface area contributed by atoms with E-state index < -0.39 is 10.0 Å². The Morgan fingerprint density at radius 2 is 1.90 bits per heavy atom. The minimum absolute atomic E-state index is 0.0846. The van der Waals surface area contributed by atoms with Crippen molar-refractivity contribution < 1.29 is 8.42 Å². The number of hydrogen-bond acceptors (Lipinski definition) is 3. The number of nitrogens with zero attached hydrogens (tertiary/aromatic N) is 1. The van der Waals surface area contributed by atoms with Crippen LogP contribution in [0.1, 0.15) is 10.4 Å². The highest BCUT2D eigenvalue weighted by atomic mass is 79.9. The van der Waals surface area contributed by atoms with Crippen LogP contribution >= 0.6 is 31.9 Å². The molecule has 1 heterocycles. The molecule has 0 aliphatic carbocycles. The Hall–Kier alpha value is -0.760. The Morgan fingerprint density at radius 1 is 1.20 bits per heavy atom. The molecule has 2 rings (SSSR count). The number of pyridine rings is 1. The second-order valence-electron chi connectivity index (χ2n) is 4.07. The maximum atomic E-state index is 12.1. The predicted octanol–water partition coefficient (Wildman–Crippen LogP) is 3.26. The van der Waals surface area contributed by atoms with Crippen LogP contribution in [0.4, 0.5) is 0 Å². The van der Waals surface area contributed by atoms with E-state index in [1.165, 1.54) is 18.5 Å². The molecule has 0 aliphatic heterocycles. The van der Waals surface area contributed by atoms with Gasteiger partial charge in [0.2, 0.25) is 10.0 Å². The summed E-state index contributed by atoms with van der Waals surface area (Å²) in [6.45, 7) is 0.263. The highest BCUT2D eigenvalue weighted by Gasteiger charge is 2.17. The van der Waals surface area contributed by atoms with Gasteiger partial charge in [0.1, 0.15) is 4.90 Å². The van der Waals surface area contributed by atoms with Gasteiger partial charge in [0.15, 0.2) is 0 Å². The van der Waals surface area contributed by atoms with Crippen molar-refractivity contribution in [2.24, 2.45) is 0 Å². The van der Waals surface area contributed by atoms with Gasteiger partial charge >= 0.3 is 0 Å². The van der Waals surface area contributed by atoms with Crippen molar-refractivity contribution in [1.82, 2.24) is 9.71 Å². The summed E-state index contributed by atoms with van der Waals surface area (Å²) in [4.78, 5) is 3.91. The van der Waals surface area contributed by atoms with Gasteiger partial charge in [-0.1, -0.05) is 46.3 Å². The summed E-state index contributed by atoms with van der Waals surface area (Å²) in [6.07, 6.45) is 2.86. The van der Waals surface area contributed by atoms with Crippen LogP contribution in [0.5, 0.6) is 0 Å². The van der Waals surface area contributed by atoms with Crippen LogP contribution in [-0.4, -0.2) is 19.9 Å². The largest absolute Gasteiger partial charge is 0.262 e. The molecule has 1 unspecified atom stereocenters. The fourth-order valence-electron chi connectivity index (χ4n) is 1.59. The molecule has 7 heteroatoms. The number of hydrogen-bond donors (Lipinski definition) is 1. The topological polar surface area (TPSA) is 59.1 Å². The number of benzene rings is 1. The maximum Gasteiger partial charge on any atom is 0.242 e. The normalized spacial score (nSPS) is 13.1. The van der Waals surface area contributed by atoms with E-state index in [0.29, 0.717) is 4.47 Å². The highest BCUT2D eigenvalue weighted by Crippen LogP contribution is 2.22. The van der Waals surface area contributed by atoms with Gasteiger partial charge in [0.25, 0.3) is 0 Å². The third-order valence-electron chi connectivity index (χ3n) is 2.60. The van der Waals surface area contributed by atoms with Gasteiger partial charge in [-0.15, -0.1) is 0 Å². The molecule has 0 radical (unpaired) electrons. The average molecular weight is 420 g/mol. The summed E-state index contributed by atoms with van der Waals surface area (Å²) in [6, 6.07) is 11.1. The molecule has 4 nitrogen and oxygen atoms in total. The van der Waals surface area contributed by atoms with Crippen molar-refractivity contribution in [3.05, 3.63) is 58.8 Å². The summed E-state index contributed by atoms with van der Waals surface area (Å²) in [5.74, 6) is 0. The van der Waals surface area contributed by atoms with E-state index >= 15 is 0 Å². The fraction of sp³-hybridized carbons (Fsp3) is 0.154. The number of halogens is 2. The molecule has 1 N–H and O–H groups in total. The van der Waals surface area contributed by atoms with Gasteiger partial charge in [-0.3, -0.25) is 4.98 Å². The zero-order chi connectivity index (χ0) is 14.6. The zero-order valence-corrected chi connectivity index (χ0v) is 14.3. The Balaban J connectivity index is 2.07. The summed E-state index contributed by atoms with van der Waals surface area (Å²) in [5.41, 5.74) is 1.02. The van der Waals surface area contributed by atoms with Gasteiger partial charge in [-0.2, -0.15) is 0 Å². The van der Waals surface area contributed by atoms with E-state index in [1.807, 2.05) is 30.3 Å². The van der Waals surface area contributed by atoms with Crippen molar-refractivity contribution >= 4 is 41.9 Å². The second-order valence-corrected chi connectivity index (χ2v) is 7.86. The van der Waals surface area contributed by atoms with E-state index in [-0.39, 0.29) is 16.3 Å². The number of alkyl halides is 1. The Morgan fingerprint density at radius 3 is 2.55 bits per heavy atom. The van der Waals surface area contributed by atoms with Crippen molar-refractivity contribution in [2.75, 3.05) is 6.54 Å². The van der Waals surface area contributed by atoms with Crippen LogP contribution < -0.4 is 4.72 Å². The first-order valence-corrected chi connectivity index (χ1v) is 8.97. The van der Waals surface area contributed by atoms with Crippen LogP contribution in [0.2, 0.25) is 0 Å². The lowest BCUT2D eigenvalue weighted by molar-refractivity contribution is 0.581. The highest BCUT2D eigenvalue weighted by molar-refractivity contribution is 9.10. The molecule has 1 aromatic carbocycles. The third kappa shape index (κ3) is 4.12. The lowest BCUT2D eigenvalue weighted by Gasteiger charge is -2.12. The molecule has 0 bridgehead atoms. The van der Waals surface area contributed by atoms with Crippen molar-refractivity contribution in [1.29, 1.82) is 0 Å². The van der Waals surface area contributed by atoms with Gasteiger partial charge < -0.3 is 0 Å². The van der Waals surface area contributed by atoms with E-state index in [1.54, 1.807) is 0 Å². The van der Waals surface area contributed by atoms with E-state index in [2.05, 4.69) is 41.6 Å². The third-order valence-corrected chi connectivity index (χ3v) is 5.28. The number of nitrogens with one attached hydrogen (secondary N) is 1.